The maximum absolute atomic E-state index is 4.62. The molecule has 96 valence electrons. The van der Waals surface area contributed by atoms with Gasteiger partial charge in [-0.15, -0.1) is 11.3 Å². The summed E-state index contributed by atoms with van der Waals surface area (Å²) in [5, 5.41) is 4.83. The lowest BCUT2D eigenvalue weighted by Gasteiger charge is -2.06. The largest absolute Gasteiger partial charge is 0.310 e. The SMILES string of the molecule is CCC1CCC(c2ncc(CNC(C)C)s2)C1. The summed E-state index contributed by atoms with van der Waals surface area (Å²) in [6.07, 6.45) is 7.52. The Bertz CT molecular complexity index is 346. The van der Waals surface area contributed by atoms with Gasteiger partial charge in [-0.25, -0.2) is 4.98 Å². The van der Waals surface area contributed by atoms with E-state index in [1.807, 2.05) is 11.3 Å². The van der Waals surface area contributed by atoms with E-state index in [0.717, 1.165) is 18.4 Å². The van der Waals surface area contributed by atoms with Crippen LogP contribution in [0.2, 0.25) is 0 Å². The van der Waals surface area contributed by atoms with Crippen molar-refractivity contribution in [3.05, 3.63) is 16.1 Å². The highest BCUT2D eigenvalue weighted by Gasteiger charge is 2.26. The van der Waals surface area contributed by atoms with Gasteiger partial charge in [0, 0.05) is 29.6 Å². The van der Waals surface area contributed by atoms with Crippen molar-refractivity contribution in [1.29, 1.82) is 0 Å². The second kappa shape index (κ2) is 5.96. The predicted molar refractivity (Wildman–Crippen MR) is 74.5 cm³/mol. The predicted octanol–water partition coefficient (Wildman–Crippen LogP) is 3.93. The van der Waals surface area contributed by atoms with Crippen molar-refractivity contribution in [1.82, 2.24) is 10.3 Å². The van der Waals surface area contributed by atoms with E-state index in [1.165, 1.54) is 35.6 Å². The molecule has 1 aromatic heterocycles. The zero-order chi connectivity index (χ0) is 12.3. The van der Waals surface area contributed by atoms with E-state index < -0.39 is 0 Å². The fourth-order valence-corrected chi connectivity index (χ4v) is 3.58. The Kier molecular flexibility index (Phi) is 4.57. The summed E-state index contributed by atoms with van der Waals surface area (Å²) in [5.74, 6) is 1.69. The quantitative estimate of drug-likeness (QED) is 0.858. The maximum atomic E-state index is 4.62. The number of nitrogens with zero attached hydrogens (tertiary/aromatic N) is 1. The van der Waals surface area contributed by atoms with Gasteiger partial charge < -0.3 is 5.32 Å². The highest BCUT2D eigenvalue weighted by atomic mass is 32.1. The molecular weight excluding hydrogens is 228 g/mol. The van der Waals surface area contributed by atoms with Gasteiger partial charge in [-0.05, 0) is 25.2 Å². The average Bonchev–Trinajstić information content (AvgIpc) is 2.94. The van der Waals surface area contributed by atoms with E-state index >= 15 is 0 Å². The van der Waals surface area contributed by atoms with E-state index in [-0.39, 0.29) is 0 Å². The summed E-state index contributed by atoms with van der Waals surface area (Å²) in [5.41, 5.74) is 0. The van der Waals surface area contributed by atoms with Gasteiger partial charge >= 0.3 is 0 Å². The molecule has 0 radical (unpaired) electrons. The first-order valence-electron chi connectivity index (χ1n) is 6.87. The first-order valence-corrected chi connectivity index (χ1v) is 7.68. The number of hydrogen-bond acceptors (Lipinski definition) is 3. The molecule has 2 atom stereocenters. The highest BCUT2D eigenvalue weighted by molar-refractivity contribution is 7.11. The van der Waals surface area contributed by atoms with E-state index in [4.69, 9.17) is 0 Å². The van der Waals surface area contributed by atoms with E-state index in [1.54, 1.807) is 0 Å². The summed E-state index contributed by atoms with van der Waals surface area (Å²) in [4.78, 5) is 6.01. The van der Waals surface area contributed by atoms with Gasteiger partial charge in [0.1, 0.15) is 0 Å². The molecule has 2 unspecified atom stereocenters. The van der Waals surface area contributed by atoms with E-state index in [0.29, 0.717) is 6.04 Å². The molecule has 1 N–H and O–H groups in total. The van der Waals surface area contributed by atoms with Crippen molar-refractivity contribution in [2.45, 2.75) is 65.0 Å². The summed E-state index contributed by atoms with van der Waals surface area (Å²) in [7, 11) is 0. The van der Waals surface area contributed by atoms with Gasteiger partial charge in [-0.2, -0.15) is 0 Å². The van der Waals surface area contributed by atoms with Crippen molar-refractivity contribution in [2.24, 2.45) is 5.92 Å². The molecule has 1 aromatic rings. The van der Waals surface area contributed by atoms with Gasteiger partial charge in [0.25, 0.3) is 0 Å². The highest BCUT2D eigenvalue weighted by Crippen LogP contribution is 2.40. The zero-order valence-corrected chi connectivity index (χ0v) is 12.0. The Morgan fingerprint density at radius 1 is 1.47 bits per heavy atom. The second-order valence-electron chi connectivity index (χ2n) is 5.48. The Hall–Kier alpha value is -0.410. The Balaban J connectivity index is 1.90. The Labute approximate surface area is 109 Å². The van der Waals surface area contributed by atoms with Crippen LogP contribution in [0.25, 0.3) is 0 Å². The molecule has 2 rings (SSSR count). The van der Waals surface area contributed by atoms with Crippen molar-refractivity contribution < 1.29 is 0 Å². The molecular formula is C14H24N2S. The monoisotopic (exact) mass is 252 g/mol. The molecule has 1 heterocycles. The molecule has 0 aromatic carbocycles. The summed E-state index contributed by atoms with van der Waals surface area (Å²) in [6.45, 7) is 7.65. The van der Waals surface area contributed by atoms with Crippen LogP contribution < -0.4 is 5.32 Å². The van der Waals surface area contributed by atoms with Crippen LogP contribution in [-0.2, 0) is 6.54 Å². The van der Waals surface area contributed by atoms with Gasteiger partial charge in [0.05, 0.1) is 5.01 Å². The molecule has 1 aliphatic rings. The Morgan fingerprint density at radius 2 is 2.29 bits per heavy atom. The number of nitrogens with one attached hydrogen (secondary N) is 1. The van der Waals surface area contributed by atoms with Crippen LogP contribution in [0.15, 0.2) is 6.20 Å². The van der Waals surface area contributed by atoms with E-state index in [2.05, 4.69) is 37.3 Å². The third-order valence-electron chi connectivity index (χ3n) is 3.72. The van der Waals surface area contributed by atoms with Crippen LogP contribution in [0.5, 0.6) is 0 Å². The van der Waals surface area contributed by atoms with Crippen molar-refractivity contribution in [3.8, 4) is 0 Å². The summed E-state index contributed by atoms with van der Waals surface area (Å²) >= 11 is 1.91. The summed E-state index contributed by atoms with van der Waals surface area (Å²) < 4.78 is 0. The fraction of sp³-hybridized carbons (Fsp3) is 0.786. The van der Waals surface area contributed by atoms with Crippen molar-refractivity contribution >= 4 is 11.3 Å². The first-order chi connectivity index (χ1) is 8.19. The fourth-order valence-electron chi connectivity index (χ4n) is 2.57. The Morgan fingerprint density at radius 3 is 2.94 bits per heavy atom. The molecule has 0 aliphatic heterocycles. The van der Waals surface area contributed by atoms with Crippen LogP contribution in [0.3, 0.4) is 0 Å². The average molecular weight is 252 g/mol. The van der Waals surface area contributed by atoms with Gasteiger partial charge in [-0.1, -0.05) is 27.2 Å². The molecule has 0 amide bonds. The second-order valence-corrected chi connectivity index (χ2v) is 6.63. The number of rotatable bonds is 5. The lowest BCUT2D eigenvalue weighted by atomic mass is 10.0. The number of thiazole rings is 1. The van der Waals surface area contributed by atoms with Gasteiger partial charge in [0.15, 0.2) is 0 Å². The molecule has 3 heteroatoms. The molecule has 0 saturated heterocycles. The molecule has 1 aliphatic carbocycles. The van der Waals surface area contributed by atoms with Crippen molar-refractivity contribution in [3.63, 3.8) is 0 Å². The number of hydrogen-bond donors (Lipinski definition) is 1. The standard InChI is InChI=1S/C14H24N2S/c1-4-11-5-6-12(7-11)14-16-9-13(17-14)8-15-10(2)3/h9-12,15H,4-8H2,1-3H3. The summed E-state index contributed by atoms with van der Waals surface area (Å²) in [6, 6.07) is 0.552. The normalized spacial score (nSPS) is 24.7. The lowest BCUT2D eigenvalue weighted by molar-refractivity contribution is 0.521. The minimum atomic E-state index is 0.552. The minimum absolute atomic E-state index is 0.552. The van der Waals surface area contributed by atoms with Crippen LogP contribution in [-0.4, -0.2) is 11.0 Å². The number of aromatic nitrogens is 1. The minimum Gasteiger partial charge on any atom is -0.310 e. The molecule has 1 saturated carbocycles. The third kappa shape index (κ3) is 3.52. The lowest BCUT2D eigenvalue weighted by Crippen LogP contribution is -2.21. The maximum Gasteiger partial charge on any atom is 0.0959 e. The molecule has 0 bridgehead atoms. The van der Waals surface area contributed by atoms with Gasteiger partial charge in [-0.3, -0.25) is 0 Å². The van der Waals surface area contributed by atoms with Gasteiger partial charge in [0.2, 0.25) is 0 Å². The van der Waals surface area contributed by atoms with Crippen LogP contribution in [0.4, 0.5) is 0 Å². The van der Waals surface area contributed by atoms with Crippen molar-refractivity contribution in [2.75, 3.05) is 0 Å². The molecule has 0 spiro atoms. The van der Waals surface area contributed by atoms with E-state index in [9.17, 15) is 0 Å². The van der Waals surface area contributed by atoms with Crippen LogP contribution >= 0.6 is 11.3 Å². The topological polar surface area (TPSA) is 24.9 Å². The van der Waals surface area contributed by atoms with Crippen LogP contribution in [0, 0.1) is 5.92 Å². The molecule has 17 heavy (non-hydrogen) atoms. The van der Waals surface area contributed by atoms with Crippen LogP contribution in [0.1, 0.15) is 62.3 Å². The zero-order valence-electron chi connectivity index (χ0n) is 11.2. The molecule has 2 nitrogen and oxygen atoms in total. The third-order valence-corrected chi connectivity index (χ3v) is 4.88. The smallest absolute Gasteiger partial charge is 0.0959 e. The first kappa shape index (κ1) is 13.0. The molecule has 1 fully saturated rings.